The topological polar surface area (TPSA) is 79.2 Å². The number of rotatable bonds is 10. The Hall–Kier alpha value is -3.44. The molecule has 0 fully saturated rings. The van der Waals surface area contributed by atoms with Crippen molar-refractivity contribution in [2.75, 3.05) is 20.3 Å². The molecule has 32 heavy (non-hydrogen) atoms. The van der Waals surface area contributed by atoms with Crippen molar-refractivity contribution in [1.29, 1.82) is 0 Å². The average molecular weight is 435 g/mol. The lowest BCUT2D eigenvalue weighted by Gasteiger charge is -2.19. The molecule has 0 bridgehead atoms. The van der Waals surface area contributed by atoms with E-state index in [0.29, 0.717) is 11.5 Å². The van der Waals surface area contributed by atoms with Gasteiger partial charge in [0.05, 0.1) is 13.7 Å². The van der Waals surface area contributed by atoms with Crippen LogP contribution in [0.2, 0.25) is 0 Å². The van der Waals surface area contributed by atoms with Crippen molar-refractivity contribution in [2.45, 2.75) is 26.2 Å². The molecule has 3 aromatic rings. The van der Waals surface area contributed by atoms with Crippen molar-refractivity contribution in [2.24, 2.45) is 0 Å². The number of phenols is 2. The first-order chi connectivity index (χ1) is 15.6. The molecule has 0 atom stereocenters. The fourth-order valence-corrected chi connectivity index (χ4v) is 3.67. The van der Waals surface area contributed by atoms with Crippen LogP contribution in [0.4, 0.5) is 0 Å². The smallest absolute Gasteiger partial charge is 0.161 e. The molecule has 5 heteroatoms. The summed E-state index contributed by atoms with van der Waals surface area (Å²) < 4.78 is 11.2. The van der Waals surface area contributed by atoms with Crippen molar-refractivity contribution >= 4 is 11.1 Å². The predicted octanol–water partition coefficient (Wildman–Crippen LogP) is 5.63. The van der Waals surface area contributed by atoms with Crippen LogP contribution in [0, 0.1) is 0 Å². The van der Waals surface area contributed by atoms with Gasteiger partial charge in [0.25, 0.3) is 0 Å². The third-order valence-corrected chi connectivity index (χ3v) is 5.26. The Kier molecular flexibility index (Phi) is 8.17. The highest BCUT2D eigenvalue weighted by Crippen LogP contribution is 2.39. The Morgan fingerprint density at radius 3 is 1.84 bits per heavy atom. The maximum Gasteiger partial charge on any atom is 0.161 e. The summed E-state index contributed by atoms with van der Waals surface area (Å²) in [5, 5.41) is 28.8. The van der Waals surface area contributed by atoms with Crippen LogP contribution in [0.3, 0.4) is 0 Å². The molecule has 0 unspecified atom stereocenters. The van der Waals surface area contributed by atoms with E-state index in [1.54, 1.807) is 31.4 Å². The van der Waals surface area contributed by atoms with Gasteiger partial charge in [-0.05, 0) is 77.1 Å². The van der Waals surface area contributed by atoms with E-state index in [1.807, 2.05) is 42.5 Å². The Morgan fingerprint density at radius 2 is 1.34 bits per heavy atom. The first-order valence-electron chi connectivity index (χ1n) is 10.8. The van der Waals surface area contributed by atoms with Crippen molar-refractivity contribution in [1.82, 2.24) is 0 Å². The molecule has 3 rings (SSSR count). The summed E-state index contributed by atoms with van der Waals surface area (Å²) in [6.45, 7) is 2.25. The minimum absolute atomic E-state index is 0.0851. The van der Waals surface area contributed by atoms with Gasteiger partial charge in [-0.3, -0.25) is 0 Å². The quantitative estimate of drug-likeness (QED) is 0.361. The normalized spacial score (nSPS) is 10.6. The zero-order valence-corrected chi connectivity index (χ0v) is 18.5. The second-order valence-corrected chi connectivity index (χ2v) is 7.49. The second kappa shape index (κ2) is 11.3. The first-order valence-corrected chi connectivity index (χ1v) is 10.8. The lowest BCUT2D eigenvalue weighted by Crippen LogP contribution is -2.04. The molecule has 0 saturated carbocycles. The van der Waals surface area contributed by atoms with Gasteiger partial charge >= 0.3 is 0 Å². The molecule has 0 amide bonds. The molecular formula is C27H30O5. The lowest BCUT2D eigenvalue weighted by molar-refractivity contribution is 0.196. The molecule has 0 radical (unpaired) electrons. The third-order valence-electron chi connectivity index (χ3n) is 5.26. The number of hydrogen-bond donors (Lipinski definition) is 3. The molecule has 0 aliphatic rings. The highest BCUT2D eigenvalue weighted by molar-refractivity contribution is 5.99. The van der Waals surface area contributed by atoms with Crippen LogP contribution in [0.25, 0.3) is 11.1 Å². The van der Waals surface area contributed by atoms with Crippen molar-refractivity contribution in [3.05, 3.63) is 83.4 Å². The summed E-state index contributed by atoms with van der Waals surface area (Å²) in [7, 11) is 1.59. The van der Waals surface area contributed by atoms with E-state index in [1.165, 1.54) is 0 Å². The summed E-state index contributed by atoms with van der Waals surface area (Å²) in [6, 6.07) is 20.1. The first kappa shape index (κ1) is 23.2. The molecule has 3 N–H and O–H groups in total. The number of ether oxygens (including phenoxy) is 2. The molecule has 168 valence electrons. The van der Waals surface area contributed by atoms with E-state index in [2.05, 4.69) is 6.92 Å². The Morgan fingerprint density at radius 1 is 0.781 bits per heavy atom. The molecule has 0 aromatic heterocycles. The third kappa shape index (κ3) is 5.62. The Balaban J connectivity index is 2.25. The van der Waals surface area contributed by atoms with E-state index in [-0.39, 0.29) is 24.7 Å². The summed E-state index contributed by atoms with van der Waals surface area (Å²) in [5.74, 6) is 1.59. The van der Waals surface area contributed by atoms with Crippen LogP contribution in [-0.4, -0.2) is 35.6 Å². The summed E-state index contributed by atoms with van der Waals surface area (Å²) in [6.07, 6.45) is 2.86. The standard InChI is InChI=1S/C27H30O5/c1-3-4-5-24(21-10-15-25(31-2)26(18-21)32-17-16-28)27(19-6-11-22(29)12-7-19)20-8-13-23(30)14-9-20/h6-15,18,28-30H,3-5,16-17H2,1-2H3. The SMILES string of the molecule is CCCCC(=C(c1ccc(O)cc1)c1ccc(O)cc1)c1ccc(OC)c(OCCO)c1. The highest BCUT2D eigenvalue weighted by atomic mass is 16.5. The maximum atomic E-state index is 9.82. The van der Waals surface area contributed by atoms with Gasteiger partial charge in [0.2, 0.25) is 0 Å². The summed E-state index contributed by atoms with van der Waals surface area (Å²) in [4.78, 5) is 0. The summed E-state index contributed by atoms with van der Waals surface area (Å²) in [5.41, 5.74) is 5.07. The van der Waals surface area contributed by atoms with Gasteiger partial charge in [-0.1, -0.05) is 43.7 Å². The van der Waals surface area contributed by atoms with Crippen LogP contribution < -0.4 is 9.47 Å². The number of aliphatic hydroxyl groups is 1. The maximum absolute atomic E-state index is 9.82. The average Bonchev–Trinajstić information content (AvgIpc) is 2.82. The molecule has 0 heterocycles. The number of aromatic hydroxyl groups is 2. The highest BCUT2D eigenvalue weighted by Gasteiger charge is 2.16. The molecule has 5 nitrogen and oxygen atoms in total. The van der Waals surface area contributed by atoms with Crippen molar-refractivity contribution in [3.63, 3.8) is 0 Å². The van der Waals surface area contributed by atoms with E-state index < -0.39 is 0 Å². The fourth-order valence-electron chi connectivity index (χ4n) is 3.67. The number of allylic oxidation sites excluding steroid dienone is 1. The molecular weight excluding hydrogens is 404 g/mol. The Labute approximate surface area is 189 Å². The van der Waals surface area contributed by atoms with E-state index >= 15 is 0 Å². The van der Waals surface area contributed by atoms with E-state index in [0.717, 1.165) is 47.1 Å². The molecule has 0 spiro atoms. The fraction of sp³-hybridized carbons (Fsp3) is 0.259. The number of phenolic OH excluding ortho intramolecular Hbond substituents is 2. The Bertz CT molecular complexity index is 989. The van der Waals surface area contributed by atoms with Crippen LogP contribution >= 0.6 is 0 Å². The largest absolute Gasteiger partial charge is 0.508 e. The summed E-state index contributed by atoms with van der Waals surface area (Å²) >= 11 is 0. The van der Waals surface area contributed by atoms with Gasteiger partial charge in [0, 0.05) is 0 Å². The molecule has 0 aliphatic carbocycles. The van der Waals surface area contributed by atoms with Gasteiger partial charge in [-0.25, -0.2) is 0 Å². The van der Waals surface area contributed by atoms with Crippen molar-refractivity contribution in [3.8, 4) is 23.0 Å². The number of benzene rings is 3. The molecule has 0 saturated heterocycles. The van der Waals surface area contributed by atoms with Gasteiger partial charge < -0.3 is 24.8 Å². The number of unbranched alkanes of at least 4 members (excludes halogenated alkanes) is 1. The molecule has 0 aliphatic heterocycles. The van der Waals surface area contributed by atoms with Gasteiger partial charge in [0.1, 0.15) is 18.1 Å². The van der Waals surface area contributed by atoms with Crippen LogP contribution in [0.15, 0.2) is 66.7 Å². The predicted molar refractivity (Wildman–Crippen MR) is 127 cm³/mol. The van der Waals surface area contributed by atoms with Crippen LogP contribution in [-0.2, 0) is 0 Å². The zero-order valence-electron chi connectivity index (χ0n) is 18.5. The lowest BCUT2D eigenvalue weighted by atomic mass is 9.87. The van der Waals surface area contributed by atoms with Crippen LogP contribution in [0.5, 0.6) is 23.0 Å². The zero-order chi connectivity index (χ0) is 22.9. The van der Waals surface area contributed by atoms with Crippen LogP contribution in [0.1, 0.15) is 42.9 Å². The van der Waals surface area contributed by atoms with E-state index in [9.17, 15) is 15.3 Å². The minimum atomic E-state index is -0.0851. The van der Waals surface area contributed by atoms with Gasteiger partial charge in [-0.2, -0.15) is 0 Å². The molecule has 3 aromatic carbocycles. The van der Waals surface area contributed by atoms with Gasteiger partial charge in [-0.15, -0.1) is 0 Å². The second-order valence-electron chi connectivity index (χ2n) is 7.49. The number of hydrogen-bond acceptors (Lipinski definition) is 5. The minimum Gasteiger partial charge on any atom is -0.508 e. The number of methoxy groups -OCH3 is 1. The van der Waals surface area contributed by atoms with Crippen molar-refractivity contribution < 1.29 is 24.8 Å². The van der Waals surface area contributed by atoms with Gasteiger partial charge in [0.15, 0.2) is 11.5 Å². The monoisotopic (exact) mass is 434 g/mol. The number of aliphatic hydroxyl groups excluding tert-OH is 1. The van der Waals surface area contributed by atoms with E-state index in [4.69, 9.17) is 9.47 Å².